The van der Waals surface area contributed by atoms with E-state index in [-0.39, 0.29) is 5.91 Å². The number of anilines is 1. The summed E-state index contributed by atoms with van der Waals surface area (Å²) in [6, 6.07) is 0. The van der Waals surface area contributed by atoms with E-state index in [4.69, 9.17) is 0 Å². The average molecular weight is 288 g/mol. The Morgan fingerprint density at radius 1 is 1.29 bits per heavy atom. The van der Waals surface area contributed by atoms with Crippen LogP contribution in [0.15, 0.2) is 31.1 Å². The molecule has 0 fully saturated rings. The van der Waals surface area contributed by atoms with E-state index in [1.54, 1.807) is 18.7 Å². The van der Waals surface area contributed by atoms with Crippen molar-refractivity contribution in [1.82, 2.24) is 24.8 Å². The van der Waals surface area contributed by atoms with E-state index in [0.717, 1.165) is 25.9 Å². The molecule has 7 nitrogen and oxygen atoms in total. The first kappa shape index (κ1) is 15.0. The molecule has 21 heavy (non-hydrogen) atoms. The Labute approximate surface area is 123 Å². The number of hydrogen-bond donors (Lipinski definition) is 2. The summed E-state index contributed by atoms with van der Waals surface area (Å²) in [5.74, 6) is 0.488. The number of aryl methyl sites for hydroxylation is 1. The first-order chi connectivity index (χ1) is 10.3. The molecule has 1 amide bonds. The molecule has 0 aliphatic carbocycles. The quantitative estimate of drug-likeness (QED) is 0.716. The molecule has 0 aliphatic heterocycles. The van der Waals surface area contributed by atoms with E-state index >= 15 is 0 Å². The average Bonchev–Trinajstić information content (AvgIpc) is 3.01. The van der Waals surface area contributed by atoms with Gasteiger partial charge in [-0.05, 0) is 19.8 Å². The molecule has 0 saturated carbocycles. The summed E-state index contributed by atoms with van der Waals surface area (Å²) >= 11 is 0. The normalized spacial score (nSPS) is 10.3. The lowest BCUT2D eigenvalue weighted by atomic mass is 10.3. The Morgan fingerprint density at radius 2 is 2.19 bits per heavy atom. The summed E-state index contributed by atoms with van der Waals surface area (Å²) in [5, 5.41) is 5.88. The topological polar surface area (TPSA) is 84.7 Å². The van der Waals surface area contributed by atoms with Crippen LogP contribution < -0.4 is 10.6 Å². The third-order valence-corrected chi connectivity index (χ3v) is 2.93. The van der Waals surface area contributed by atoms with Gasteiger partial charge in [0.2, 0.25) is 0 Å². The second kappa shape index (κ2) is 7.98. The monoisotopic (exact) mass is 288 g/mol. The van der Waals surface area contributed by atoms with Gasteiger partial charge in [0.25, 0.3) is 5.91 Å². The van der Waals surface area contributed by atoms with Crippen LogP contribution in [0, 0.1) is 0 Å². The van der Waals surface area contributed by atoms with Crippen LogP contribution in [0.25, 0.3) is 0 Å². The fourth-order valence-electron chi connectivity index (χ4n) is 1.85. The summed E-state index contributed by atoms with van der Waals surface area (Å²) < 4.78 is 2.02. The van der Waals surface area contributed by atoms with Crippen molar-refractivity contribution in [3.05, 3.63) is 36.8 Å². The van der Waals surface area contributed by atoms with Crippen molar-refractivity contribution >= 4 is 11.7 Å². The van der Waals surface area contributed by atoms with Crippen molar-refractivity contribution in [2.24, 2.45) is 0 Å². The minimum absolute atomic E-state index is 0.187. The van der Waals surface area contributed by atoms with Crippen LogP contribution in [0.2, 0.25) is 0 Å². The largest absolute Gasteiger partial charge is 0.369 e. The molecule has 0 spiro atoms. The van der Waals surface area contributed by atoms with Gasteiger partial charge in [0.15, 0.2) is 0 Å². The Balaban J connectivity index is 1.66. The van der Waals surface area contributed by atoms with Crippen molar-refractivity contribution in [3.63, 3.8) is 0 Å². The Kier molecular flexibility index (Phi) is 5.69. The first-order valence-electron chi connectivity index (χ1n) is 7.09. The highest BCUT2D eigenvalue weighted by atomic mass is 16.1. The molecular formula is C14H20N6O. The standard InChI is InChI=1S/C14H20N6O/c1-2-16-13-10-18-12(9-19-13)14(21)17-5-3-4-7-20-8-6-15-11-20/h6,8-11H,2-5,7H2,1H3,(H,16,19)(H,17,21). The second-order valence-corrected chi connectivity index (χ2v) is 4.58. The van der Waals surface area contributed by atoms with Crippen molar-refractivity contribution in [1.29, 1.82) is 0 Å². The van der Waals surface area contributed by atoms with E-state index in [1.807, 2.05) is 17.7 Å². The van der Waals surface area contributed by atoms with Crippen LogP contribution in [-0.4, -0.2) is 38.5 Å². The molecule has 0 atom stereocenters. The lowest BCUT2D eigenvalue weighted by molar-refractivity contribution is 0.0947. The molecule has 0 aliphatic rings. The van der Waals surface area contributed by atoms with Crippen molar-refractivity contribution < 1.29 is 4.79 Å². The molecule has 2 rings (SSSR count). The summed E-state index contributed by atoms with van der Waals surface area (Å²) in [7, 11) is 0. The Hall–Kier alpha value is -2.44. The van der Waals surface area contributed by atoms with Crippen LogP contribution in [0.4, 0.5) is 5.82 Å². The molecule has 2 aromatic heterocycles. The molecular weight excluding hydrogens is 268 g/mol. The predicted octanol–water partition coefficient (Wildman–Crippen LogP) is 1.32. The fraction of sp³-hybridized carbons (Fsp3) is 0.429. The van der Waals surface area contributed by atoms with E-state index in [9.17, 15) is 4.79 Å². The van der Waals surface area contributed by atoms with Gasteiger partial charge in [-0.15, -0.1) is 0 Å². The molecule has 0 unspecified atom stereocenters. The minimum atomic E-state index is -0.187. The van der Waals surface area contributed by atoms with Gasteiger partial charge in [0, 0.05) is 32.0 Å². The number of imidazole rings is 1. The van der Waals surface area contributed by atoms with Gasteiger partial charge in [0.1, 0.15) is 11.5 Å². The van der Waals surface area contributed by atoms with Gasteiger partial charge in [0.05, 0.1) is 18.7 Å². The van der Waals surface area contributed by atoms with Crippen LogP contribution in [-0.2, 0) is 6.54 Å². The number of amides is 1. The maximum atomic E-state index is 11.9. The summed E-state index contributed by atoms with van der Waals surface area (Å²) in [4.78, 5) is 24.0. The lowest BCUT2D eigenvalue weighted by Gasteiger charge is -2.06. The van der Waals surface area contributed by atoms with Crippen molar-refractivity contribution in [2.75, 3.05) is 18.4 Å². The Morgan fingerprint density at radius 3 is 2.86 bits per heavy atom. The molecule has 7 heteroatoms. The fourth-order valence-corrected chi connectivity index (χ4v) is 1.85. The maximum Gasteiger partial charge on any atom is 0.271 e. The molecule has 112 valence electrons. The van der Waals surface area contributed by atoms with Crippen LogP contribution in [0.1, 0.15) is 30.3 Å². The van der Waals surface area contributed by atoms with E-state index in [2.05, 4.69) is 25.6 Å². The number of carbonyl (C=O) groups excluding carboxylic acids is 1. The van der Waals surface area contributed by atoms with Crippen LogP contribution in [0.5, 0.6) is 0 Å². The second-order valence-electron chi connectivity index (χ2n) is 4.58. The zero-order valence-electron chi connectivity index (χ0n) is 12.1. The van der Waals surface area contributed by atoms with E-state index < -0.39 is 0 Å². The third-order valence-electron chi connectivity index (χ3n) is 2.93. The highest BCUT2D eigenvalue weighted by Crippen LogP contribution is 2.00. The van der Waals surface area contributed by atoms with Gasteiger partial charge < -0.3 is 15.2 Å². The summed E-state index contributed by atoms with van der Waals surface area (Å²) in [6.07, 6.45) is 10.4. The SMILES string of the molecule is CCNc1cnc(C(=O)NCCCCn2ccnc2)cn1. The third kappa shape index (κ3) is 4.87. The molecule has 2 aromatic rings. The molecule has 2 heterocycles. The molecule has 0 radical (unpaired) electrons. The van der Waals surface area contributed by atoms with Gasteiger partial charge >= 0.3 is 0 Å². The number of unbranched alkanes of at least 4 members (excludes halogenated alkanes) is 1. The number of hydrogen-bond acceptors (Lipinski definition) is 5. The van der Waals surface area contributed by atoms with Crippen molar-refractivity contribution in [2.45, 2.75) is 26.3 Å². The van der Waals surface area contributed by atoms with Crippen molar-refractivity contribution in [3.8, 4) is 0 Å². The zero-order chi connectivity index (χ0) is 14.9. The Bertz CT molecular complexity index is 537. The maximum absolute atomic E-state index is 11.9. The summed E-state index contributed by atoms with van der Waals surface area (Å²) in [6.45, 7) is 4.29. The molecule has 0 bridgehead atoms. The van der Waals surface area contributed by atoms with E-state index in [0.29, 0.717) is 18.1 Å². The minimum Gasteiger partial charge on any atom is -0.369 e. The number of nitrogens with one attached hydrogen (secondary N) is 2. The smallest absolute Gasteiger partial charge is 0.271 e. The van der Waals surface area contributed by atoms with Gasteiger partial charge in [-0.2, -0.15) is 0 Å². The van der Waals surface area contributed by atoms with Gasteiger partial charge in [-0.25, -0.2) is 15.0 Å². The van der Waals surface area contributed by atoms with Gasteiger partial charge in [-0.3, -0.25) is 4.79 Å². The van der Waals surface area contributed by atoms with Crippen LogP contribution >= 0.6 is 0 Å². The summed E-state index contributed by atoms with van der Waals surface area (Å²) in [5.41, 5.74) is 0.339. The number of carbonyl (C=O) groups is 1. The number of rotatable bonds is 8. The number of aromatic nitrogens is 4. The zero-order valence-corrected chi connectivity index (χ0v) is 12.1. The predicted molar refractivity (Wildman–Crippen MR) is 80.0 cm³/mol. The lowest BCUT2D eigenvalue weighted by Crippen LogP contribution is -2.25. The molecule has 2 N–H and O–H groups in total. The first-order valence-corrected chi connectivity index (χ1v) is 7.09. The van der Waals surface area contributed by atoms with Gasteiger partial charge in [-0.1, -0.05) is 0 Å². The highest BCUT2D eigenvalue weighted by molar-refractivity contribution is 5.91. The molecule has 0 saturated heterocycles. The van der Waals surface area contributed by atoms with E-state index in [1.165, 1.54) is 6.20 Å². The number of nitrogens with zero attached hydrogens (tertiary/aromatic N) is 4. The highest BCUT2D eigenvalue weighted by Gasteiger charge is 2.06. The van der Waals surface area contributed by atoms with Crippen LogP contribution in [0.3, 0.4) is 0 Å². The molecule has 0 aromatic carbocycles.